The first-order valence-electron chi connectivity index (χ1n) is 4.82. The number of carbonyl (C=O) groups excluding carboxylic acids is 1. The van der Waals surface area contributed by atoms with Crippen molar-refractivity contribution in [2.45, 2.75) is 33.0 Å². The summed E-state index contributed by atoms with van der Waals surface area (Å²) in [4.78, 5) is 11.1. The first-order chi connectivity index (χ1) is 6.54. The normalized spacial score (nSPS) is 36.8. The number of aliphatic hydroxyl groups is 1. The molecule has 0 saturated carbocycles. The summed E-state index contributed by atoms with van der Waals surface area (Å²) in [6.07, 6.45) is 4.34. The van der Waals surface area contributed by atoms with Crippen molar-refractivity contribution in [1.82, 2.24) is 0 Å². The van der Waals surface area contributed by atoms with E-state index in [1.807, 2.05) is 13.8 Å². The van der Waals surface area contributed by atoms with Crippen LogP contribution in [0, 0.1) is 5.41 Å². The first-order valence-corrected chi connectivity index (χ1v) is 4.82. The molecule has 2 atom stereocenters. The first kappa shape index (κ1) is 9.46. The van der Waals surface area contributed by atoms with Crippen LogP contribution in [0.1, 0.15) is 26.7 Å². The summed E-state index contributed by atoms with van der Waals surface area (Å²) in [5.74, 6) is -0.445. The highest BCUT2D eigenvalue weighted by atomic mass is 16.6. The highest BCUT2D eigenvalue weighted by Gasteiger charge is 2.44. The van der Waals surface area contributed by atoms with Gasteiger partial charge in [0.25, 0.3) is 0 Å². The van der Waals surface area contributed by atoms with Gasteiger partial charge >= 0.3 is 5.97 Å². The molecule has 1 aliphatic carbocycles. The number of carbonyl (C=O) groups is 1. The maximum atomic E-state index is 11.1. The molecule has 2 unspecified atom stereocenters. The van der Waals surface area contributed by atoms with Gasteiger partial charge in [-0.05, 0) is 32.3 Å². The van der Waals surface area contributed by atoms with Gasteiger partial charge < -0.3 is 9.84 Å². The molecule has 76 valence electrons. The molecule has 0 bridgehead atoms. The number of hydrogen-bond donors (Lipinski definition) is 1. The largest absolute Gasteiger partial charge is 0.432 e. The van der Waals surface area contributed by atoms with Gasteiger partial charge in [-0.3, -0.25) is 0 Å². The Bertz CT molecular complexity index is 340. The Morgan fingerprint density at radius 2 is 2.36 bits per heavy atom. The fraction of sp³-hybridized carbons (Fsp3) is 0.545. The van der Waals surface area contributed by atoms with Gasteiger partial charge in [0.1, 0.15) is 0 Å². The van der Waals surface area contributed by atoms with Gasteiger partial charge in [0.2, 0.25) is 6.29 Å². The van der Waals surface area contributed by atoms with E-state index in [4.69, 9.17) is 4.74 Å². The number of fused-ring (bicyclic) bond motifs is 1. The number of allylic oxidation sites excluding steroid dienone is 2. The lowest BCUT2D eigenvalue weighted by Gasteiger charge is -2.41. The van der Waals surface area contributed by atoms with Crippen molar-refractivity contribution in [3.63, 3.8) is 0 Å². The van der Waals surface area contributed by atoms with Crippen molar-refractivity contribution in [3.8, 4) is 0 Å². The molecule has 0 aromatic rings. The minimum atomic E-state index is -1.00. The van der Waals surface area contributed by atoms with Crippen molar-refractivity contribution < 1.29 is 14.6 Å². The molecule has 0 aromatic carbocycles. The van der Waals surface area contributed by atoms with Crippen molar-refractivity contribution in [1.29, 1.82) is 0 Å². The van der Waals surface area contributed by atoms with Crippen LogP contribution in [0.3, 0.4) is 0 Å². The molecular formula is C11H14O3. The Hall–Kier alpha value is -1.09. The lowest BCUT2D eigenvalue weighted by atomic mass is 9.70. The van der Waals surface area contributed by atoms with Crippen LogP contribution in [0.4, 0.5) is 0 Å². The fourth-order valence-corrected chi connectivity index (χ4v) is 2.21. The van der Waals surface area contributed by atoms with E-state index in [2.05, 4.69) is 6.08 Å². The molecular weight excluding hydrogens is 180 g/mol. The van der Waals surface area contributed by atoms with Gasteiger partial charge in [-0.1, -0.05) is 11.6 Å². The van der Waals surface area contributed by atoms with Gasteiger partial charge in [0.05, 0.1) is 5.41 Å². The highest BCUT2D eigenvalue weighted by Crippen LogP contribution is 2.45. The van der Waals surface area contributed by atoms with Crippen LogP contribution < -0.4 is 0 Å². The number of cyclic esters (lactones) is 1. The summed E-state index contributed by atoms with van der Waals surface area (Å²) in [7, 11) is 0. The maximum Gasteiger partial charge on any atom is 0.333 e. The number of ether oxygens (including phenoxy) is 1. The number of hydrogen-bond acceptors (Lipinski definition) is 3. The summed E-state index contributed by atoms with van der Waals surface area (Å²) in [6.45, 7) is 3.90. The zero-order valence-electron chi connectivity index (χ0n) is 8.41. The Morgan fingerprint density at radius 3 is 3.07 bits per heavy atom. The van der Waals surface area contributed by atoms with E-state index >= 15 is 0 Å². The minimum Gasteiger partial charge on any atom is -0.432 e. The minimum absolute atomic E-state index is 0.410. The van der Waals surface area contributed by atoms with Crippen LogP contribution in [0.5, 0.6) is 0 Å². The molecule has 14 heavy (non-hydrogen) atoms. The summed E-state index contributed by atoms with van der Waals surface area (Å²) < 4.78 is 4.82. The molecule has 2 rings (SSSR count). The molecule has 1 heterocycles. The second-order valence-corrected chi connectivity index (χ2v) is 4.19. The van der Waals surface area contributed by atoms with E-state index in [0.717, 1.165) is 24.0 Å². The van der Waals surface area contributed by atoms with Crippen molar-refractivity contribution in [2.24, 2.45) is 5.41 Å². The molecule has 1 N–H and O–H groups in total. The Balaban J connectivity index is 2.50. The molecule has 0 radical (unpaired) electrons. The molecule has 0 amide bonds. The summed E-state index contributed by atoms with van der Waals surface area (Å²) in [5.41, 5.74) is 1.59. The number of aliphatic hydroxyl groups excluding tert-OH is 1. The third kappa shape index (κ3) is 1.20. The van der Waals surface area contributed by atoms with Crippen molar-refractivity contribution >= 4 is 5.97 Å². The summed E-state index contributed by atoms with van der Waals surface area (Å²) in [5, 5.41) is 9.74. The lowest BCUT2D eigenvalue weighted by Crippen LogP contribution is -2.42. The standard InChI is InChI=1S/C11H14O3/c1-7-4-3-5-11(2)8(7)6-9(12)14-10(11)13/h4,6,10,13H,3,5H2,1-2H3. The second kappa shape index (κ2) is 2.95. The monoisotopic (exact) mass is 194 g/mol. The van der Waals surface area contributed by atoms with Crippen LogP contribution in [-0.2, 0) is 9.53 Å². The Kier molecular flexibility index (Phi) is 2.00. The topological polar surface area (TPSA) is 46.5 Å². The van der Waals surface area contributed by atoms with Crippen LogP contribution in [0.25, 0.3) is 0 Å². The van der Waals surface area contributed by atoms with Gasteiger partial charge in [-0.15, -0.1) is 0 Å². The van der Waals surface area contributed by atoms with Crippen LogP contribution in [0.2, 0.25) is 0 Å². The number of rotatable bonds is 0. The zero-order valence-corrected chi connectivity index (χ0v) is 8.41. The van der Waals surface area contributed by atoms with E-state index in [9.17, 15) is 9.90 Å². The van der Waals surface area contributed by atoms with Crippen LogP contribution in [-0.4, -0.2) is 17.4 Å². The quantitative estimate of drug-likeness (QED) is 0.595. The van der Waals surface area contributed by atoms with Gasteiger partial charge in [-0.2, -0.15) is 0 Å². The van der Waals surface area contributed by atoms with Crippen molar-refractivity contribution in [2.75, 3.05) is 0 Å². The van der Waals surface area contributed by atoms with Gasteiger partial charge in [0.15, 0.2) is 0 Å². The fourth-order valence-electron chi connectivity index (χ4n) is 2.21. The van der Waals surface area contributed by atoms with E-state index in [1.165, 1.54) is 6.08 Å². The smallest absolute Gasteiger partial charge is 0.333 e. The zero-order chi connectivity index (χ0) is 10.3. The second-order valence-electron chi connectivity index (χ2n) is 4.19. The third-order valence-electron chi connectivity index (χ3n) is 3.19. The summed E-state index contributed by atoms with van der Waals surface area (Å²) in [6, 6.07) is 0. The summed E-state index contributed by atoms with van der Waals surface area (Å²) >= 11 is 0. The van der Waals surface area contributed by atoms with E-state index in [0.29, 0.717) is 0 Å². The number of esters is 1. The van der Waals surface area contributed by atoms with E-state index < -0.39 is 17.7 Å². The molecule has 2 aliphatic rings. The van der Waals surface area contributed by atoms with Crippen molar-refractivity contribution in [3.05, 3.63) is 23.3 Å². The van der Waals surface area contributed by atoms with Crippen LogP contribution >= 0.6 is 0 Å². The maximum absolute atomic E-state index is 11.1. The lowest BCUT2D eigenvalue weighted by molar-refractivity contribution is -0.185. The Labute approximate surface area is 83.1 Å². The highest BCUT2D eigenvalue weighted by molar-refractivity contribution is 5.85. The SMILES string of the molecule is CC1=CCCC2(C)C1=CC(=O)OC2O. The molecule has 0 aromatic heterocycles. The predicted molar refractivity (Wildman–Crippen MR) is 51.3 cm³/mol. The molecule has 3 nitrogen and oxygen atoms in total. The molecule has 0 spiro atoms. The molecule has 0 saturated heterocycles. The average Bonchev–Trinajstić information content (AvgIpc) is 2.10. The third-order valence-corrected chi connectivity index (χ3v) is 3.19. The predicted octanol–water partition coefficient (Wildman–Crippen LogP) is 1.53. The van der Waals surface area contributed by atoms with E-state index in [-0.39, 0.29) is 0 Å². The van der Waals surface area contributed by atoms with E-state index in [1.54, 1.807) is 0 Å². The molecule has 0 fully saturated rings. The van der Waals surface area contributed by atoms with Gasteiger partial charge in [-0.25, -0.2) is 4.79 Å². The Morgan fingerprint density at radius 1 is 1.64 bits per heavy atom. The average molecular weight is 194 g/mol. The molecule has 1 aliphatic heterocycles. The van der Waals surface area contributed by atoms with Gasteiger partial charge in [0, 0.05) is 6.08 Å². The van der Waals surface area contributed by atoms with Crippen LogP contribution in [0.15, 0.2) is 23.3 Å². The molecule has 3 heteroatoms.